The second kappa shape index (κ2) is 6.83. The van der Waals surface area contributed by atoms with Gasteiger partial charge in [0.2, 0.25) is 5.91 Å². The Hall–Kier alpha value is -2.02. The van der Waals surface area contributed by atoms with Crippen LogP contribution in [0.4, 0.5) is 0 Å². The van der Waals surface area contributed by atoms with Crippen LogP contribution in [0.1, 0.15) is 41.7 Å². The van der Waals surface area contributed by atoms with Crippen molar-refractivity contribution in [3.8, 4) is 0 Å². The molecule has 1 atom stereocenters. The van der Waals surface area contributed by atoms with Crippen molar-refractivity contribution in [2.75, 3.05) is 20.2 Å². The molecule has 7 heteroatoms. The molecule has 0 aromatic carbocycles. The number of nitrogens with zero attached hydrogens (tertiary/aromatic N) is 3. The second-order valence-corrected chi connectivity index (χ2v) is 5.71. The molecule has 2 N–H and O–H groups in total. The number of carbonyl (C=O) groups is 2. The maximum absolute atomic E-state index is 12.7. The minimum absolute atomic E-state index is 0.0988. The van der Waals surface area contributed by atoms with Crippen molar-refractivity contribution < 1.29 is 14.3 Å². The molecule has 1 aromatic rings. The third kappa shape index (κ3) is 3.59. The van der Waals surface area contributed by atoms with Crippen LogP contribution in [0.2, 0.25) is 0 Å². The number of likely N-dealkylation sites (tertiary alicyclic amines) is 1. The van der Waals surface area contributed by atoms with Crippen molar-refractivity contribution >= 4 is 11.8 Å². The van der Waals surface area contributed by atoms with Gasteiger partial charge in [-0.25, -0.2) is 9.97 Å². The van der Waals surface area contributed by atoms with E-state index in [1.807, 2.05) is 0 Å². The first-order valence-electron chi connectivity index (χ1n) is 7.37. The molecule has 7 nitrogen and oxygen atoms in total. The van der Waals surface area contributed by atoms with Gasteiger partial charge in [-0.15, -0.1) is 0 Å². The molecule has 1 fully saturated rings. The average Bonchev–Trinajstić information content (AvgIpc) is 2.53. The number of nitrogens with two attached hydrogens (primary N) is 1. The fourth-order valence-corrected chi connectivity index (χ4v) is 2.87. The Bertz CT molecular complexity index is 563. The van der Waals surface area contributed by atoms with E-state index in [0.717, 1.165) is 12.8 Å². The van der Waals surface area contributed by atoms with E-state index < -0.39 is 5.60 Å². The van der Waals surface area contributed by atoms with E-state index >= 15 is 0 Å². The number of piperidine rings is 1. The van der Waals surface area contributed by atoms with Gasteiger partial charge in [0.05, 0.1) is 16.9 Å². The zero-order valence-electron chi connectivity index (χ0n) is 13.0. The number of hydrogen-bond donors (Lipinski definition) is 1. The van der Waals surface area contributed by atoms with Gasteiger partial charge in [0, 0.05) is 32.8 Å². The Morgan fingerprint density at radius 2 is 2.27 bits per heavy atom. The normalized spacial score (nSPS) is 21.6. The van der Waals surface area contributed by atoms with Crippen LogP contribution in [0.5, 0.6) is 0 Å². The van der Waals surface area contributed by atoms with Crippen LogP contribution in [-0.4, -0.2) is 52.5 Å². The van der Waals surface area contributed by atoms with E-state index in [-0.39, 0.29) is 18.2 Å². The van der Waals surface area contributed by atoms with Gasteiger partial charge >= 0.3 is 0 Å². The lowest BCUT2D eigenvalue weighted by Gasteiger charge is -2.42. The molecule has 2 rings (SSSR count). The zero-order valence-corrected chi connectivity index (χ0v) is 13.0. The second-order valence-electron chi connectivity index (χ2n) is 5.71. The number of ether oxygens (including phenoxy) is 1. The summed E-state index contributed by atoms with van der Waals surface area (Å²) >= 11 is 0. The van der Waals surface area contributed by atoms with Gasteiger partial charge < -0.3 is 15.4 Å². The smallest absolute Gasteiger partial charge is 0.257 e. The molecule has 2 heterocycles. The Labute approximate surface area is 129 Å². The molecule has 0 unspecified atom stereocenters. The Balaban J connectivity index is 2.13. The third-order valence-electron chi connectivity index (χ3n) is 4.23. The fourth-order valence-electron chi connectivity index (χ4n) is 2.87. The number of carbonyl (C=O) groups excluding carboxylic acids is 2. The highest BCUT2D eigenvalue weighted by molar-refractivity contribution is 5.95. The molecule has 0 aliphatic carbocycles. The summed E-state index contributed by atoms with van der Waals surface area (Å²) in [6, 6.07) is 0. The number of aryl methyl sites for hydroxylation is 1. The van der Waals surface area contributed by atoms with Gasteiger partial charge in [-0.05, 0) is 26.2 Å². The van der Waals surface area contributed by atoms with Gasteiger partial charge in [0.15, 0.2) is 0 Å². The van der Waals surface area contributed by atoms with Gasteiger partial charge in [0.1, 0.15) is 6.33 Å². The van der Waals surface area contributed by atoms with Crippen LogP contribution in [-0.2, 0) is 9.53 Å². The first kappa shape index (κ1) is 16.4. The Morgan fingerprint density at radius 3 is 2.91 bits per heavy atom. The van der Waals surface area contributed by atoms with Crippen molar-refractivity contribution in [3.05, 3.63) is 23.8 Å². The highest BCUT2D eigenvalue weighted by Crippen LogP contribution is 2.30. The molecule has 120 valence electrons. The van der Waals surface area contributed by atoms with Crippen molar-refractivity contribution in [1.82, 2.24) is 14.9 Å². The molecule has 22 heavy (non-hydrogen) atoms. The standard InChI is InChI=1S/C15H22N4O3/c1-11-12(8-17-10-18-11)14(21)19-7-3-5-15(9-19,22-2)6-4-13(16)20/h8,10H,3-7,9H2,1-2H3,(H2,16,20)/t15-/m0/s1. The minimum atomic E-state index is -0.507. The summed E-state index contributed by atoms with van der Waals surface area (Å²) in [5.41, 5.74) is 5.89. The lowest BCUT2D eigenvalue weighted by molar-refractivity contribution is -0.120. The van der Waals surface area contributed by atoms with Crippen LogP contribution in [0.3, 0.4) is 0 Å². The Kier molecular flexibility index (Phi) is 5.07. The van der Waals surface area contributed by atoms with Crippen molar-refractivity contribution in [1.29, 1.82) is 0 Å². The molecule has 2 amide bonds. The van der Waals surface area contributed by atoms with Gasteiger partial charge in [0.25, 0.3) is 5.91 Å². The molecule has 0 saturated carbocycles. The summed E-state index contributed by atoms with van der Waals surface area (Å²) in [6.07, 6.45) is 5.37. The van der Waals surface area contributed by atoms with E-state index in [1.165, 1.54) is 12.5 Å². The number of amides is 2. The van der Waals surface area contributed by atoms with Gasteiger partial charge in [-0.1, -0.05) is 0 Å². The predicted molar refractivity (Wildman–Crippen MR) is 80.1 cm³/mol. The SMILES string of the molecule is CO[C@]1(CCC(N)=O)CCCN(C(=O)c2cncnc2C)C1. The highest BCUT2D eigenvalue weighted by atomic mass is 16.5. The van der Waals surface area contributed by atoms with E-state index in [0.29, 0.717) is 30.8 Å². The molecule has 1 saturated heterocycles. The number of rotatable bonds is 5. The first-order chi connectivity index (χ1) is 10.5. The van der Waals surface area contributed by atoms with Crippen LogP contribution < -0.4 is 5.73 Å². The quantitative estimate of drug-likeness (QED) is 0.862. The molecule has 1 aliphatic heterocycles. The summed E-state index contributed by atoms with van der Waals surface area (Å²) < 4.78 is 5.64. The van der Waals surface area contributed by atoms with E-state index in [4.69, 9.17) is 10.5 Å². The van der Waals surface area contributed by atoms with Crippen molar-refractivity contribution in [3.63, 3.8) is 0 Å². The molecule has 1 aliphatic rings. The largest absolute Gasteiger partial charge is 0.376 e. The number of primary amides is 1. The van der Waals surface area contributed by atoms with E-state index in [9.17, 15) is 9.59 Å². The summed E-state index contributed by atoms with van der Waals surface area (Å²) in [4.78, 5) is 33.4. The van der Waals surface area contributed by atoms with E-state index in [1.54, 1.807) is 18.9 Å². The zero-order chi connectivity index (χ0) is 16.2. The molecule has 1 aromatic heterocycles. The van der Waals surface area contributed by atoms with Crippen molar-refractivity contribution in [2.24, 2.45) is 5.73 Å². The van der Waals surface area contributed by atoms with Crippen LogP contribution in [0.25, 0.3) is 0 Å². The van der Waals surface area contributed by atoms with Gasteiger partial charge in [-0.3, -0.25) is 9.59 Å². The Morgan fingerprint density at radius 1 is 1.50 bits per heavy atom. The molecular formula is C15H22N4O3. The molecular weight excluding hydrogens is 284 g/mol. The fraction of sp³-hybridized carbons (Fsp3) is 0.600. The monoisotopic (exact) mass is 306 g/mol. The third-order valence-corrected chi connectivity index (χ3v) is 4.23. The minimum Gasteiger partial charge on any atom is -0.376 e. The lowest BCUT2D eigenvalue weighted by Crippen LogP contribution is -2.51. The van der Waals surface area contributed by atoms with Crippen LogP contribution in [0.15, 0.2) is 12.5 Å². The predicted octanol–water partition coefficient (Wildman–Crippen LogP) is 0.672. The van der Waals surface area contributed by atoms with Crippen LogP contribution in [0, 0.1) is 6.92 Å². The highest BCUT2D eigenvalue weighted by Gasteiger charge is 2.37. The maximum Gasteiger partial charge on any atom is 0.257 e. The first-order valence-corrected chi connectivity index (χ1v) is 7.37. The summed E-state index contributed by atoms with van der Waals surface area (Å²) in [7, 11) is 1.62. The summed E-state index contributed by atoms with van der Waals surface area (Å²) in [6.45, 7) is 2.90. The maximum atomic E-state index is 12.7. The van der Waals surface area contributed by atoms with E-state index in [2.05, 4.69) is 9.97 Å². The molecule has 0 radical (unpaired) electrons. The van der Waals surface area contributed by atoms with Gasteiger partial charge in [-0.2, -0.15) is 0 Å². The molecule has 0 bridgehead atoms. The van der Waals surface area contributed by atoms with Crippen molar-refractivity contribution in [2.45, 2.75) is 38.2 Å². The summed E-state index contributed by atoms with van der Waals surface area (Å²) in [5.74, 6) is -0.453. The number of hydrogen-bond acceptors (Lipinski definition) is 5. The number of methoxy groups -OCH3 is 1. The molecule has 0 spiro atoms. The van der Waals surface area contributed by atoms with Crippen LogP contribution >= 0.6 is 0 Å². The average molecular weight is 306 g/mol. The summed E-state index contributed by atoms with van der Waals surface area (Å²) in [5, 5.41) is 0. The number of aromatic nitrogens is 2. The topological polar surface area (TPSA) is 98.4 Å². The lowest BCUT2D eigenvalue weighted by atomic mass is 9.87.